The predicted molar refractivity (Wildman–Crippen MR) is 70.7 cm³/mol. The van der Waals surface area contributed by atoms with E-state index in [2.05, 4.69) is 26.2 Å². The van der Waals surface area contributed by atoms with Crippen molar-refractivity contribution in [2.45, 2.75) is 12.7 Å². The van der Waals surface area contributed by atoms with E-state index < -0.39 is 11.7 Å². The Morgan fingerprint density at radius 2 is 1.89 bits per heavy atom. The Balaban J connectivity index is 2.19. The minimum atomic E-state index is -4.34. The fourth-order valence-corrected chi connectivity index (χ4v) is 2.05. The molecule has 0 saturated carbocycles. The average Bonchev–Trinajstić information content (AvgIpc) is 2.37. The van der Waals surface area contributed by atoms with Crippen LogP contribution >= 0.6 is 15.9 Å². The Hall–Kier alpha value is -1.56. The maximum absolute atomic E-state index is 12.8. The van der Waals surface area contributed by atoms with Gasteiger partial charge in [0.2, 0.25) is 0 Å². The van der Waals surface area contributed by atoms with Gasteiger partial charge in [0.05, 0.1) is 15.7 Å². The van der Waals surface area contributed by atoms with Crippen molar-refractivity contribution in [2.75, 3.05) is 5.32 Å². The summed E-state index contributed by atoms with van der Waals surface area (Å²) in [5.74, 6) is 0. The number of rotatable bonds is 3. The zero-order valence-corrected chi connectivity index (χ0v) is 11.3. The van der Waals surface area contributed by atoms with Gasteiger partial charge in [0.15, 0.2) is 0 Å². The number of nitrogens with one attached hydrogen (secondary N) is 1. The molecule has 0 bridgehead atoms. The second-order valence-electron chi connectivity index (χ2n) is 3.86. The van der Waals surface area contributed by atoms with Crippen LogP contribution in [0.1, 0.15) is 11.1 Å². The van der Waals surface area contributed by atoms with Crippen LogP contribution in [0, 0.1) is 0 Å². The second kappa shape index (κ2) is 5.61. The lowest BCUT2D eigenvalue weighted by Crippen LogP contribution is -2.11. The maximum atomic E-state index is 12.8. The average molecular weight is 331 g/mol. The Kier molecular flexibility index (Phi) is 4.09. The summed E-state index contributed by atoms with van der Waals surface area (Å²) in [6.45, 7) is 0.0955. The number of anilines is 1. The fraction of sp³-hybridized carbons (Fsp3) is 0.154. The van der Waals surface area contributed by atoms with Gasteiger partial charge in [0, 0.05) is 18.9 Å². The lowest BCUT2D eigenvalue weighted by atomic mass is 10.1. The van der Waals surface area contributed by atoms with Crippen LogP contribution in [0.4, 0.5) is 18.9 Å². The molecule has 0 unspecified atom stereocenters. The molecule has 1 heterocycles. The molecule has 6 heteroatoms. The molecule has 1 aromatic carbocycles. The maximum Gasteiger partial charge on any atom is 0.416 e. The number of halogens is 4. The summed E-state index contributed by atoms with van der Waals surface area (Å²) in [6, 6.07) is 7.21. The summed E-state index contributed by atoms with van der Waals surface area (Å²) in [6.07, 6.45) is -1.19. The van der Waals surface area contributed by atoms with Crippen molar-refractivity contribution in [3.8, 4) is 0 Å². The number of alkyl halides is 3. The van der Waals surface area contributed by atoms with Gasteiger partial charge in [-0.05, 0) is 33.6 Å². The molecule has 0 saturated heterocycles. The molecule has 2 aromatic rings. The van der Waals surface area contributed by atoms with Crippen molar-refractivity contribution in [1.82, 2.24) is 4.98 Å². The van der Waals surface area contributed by atoms with E-state index in [0.29, 0.717) is 10.2 Å². The molecule has 0 aliphatic rings. The first-order valence-electron chi connectivity index (χ1n) is 5.47. The Morgan fingerprint density at radius 3 is 2.58 bits per heavy atom. The standard InChI is InChI=1S/C13H10BrF3N2/c14-11-8-18-6-5-12(11)19-7-9-3-1-2-4-10(9)13(15,16)17/h1-6,8H,7H2,(H,18,19). The summed E-state index contributed by atoms with van der Waals surface area (Å²) in [5.41, 5.74) is 0.290. The number of pyridine rings is 1. The highest BCUT2D eigenvalue weighted by Crippen LogP contribution is 2.32. The van der Waals surface area contributed by atoms with Crippen molar-refractivity contribution in [3.05, 3.63) is 58.3 Å². The summed E-state index contributed by atoms with van der Waals surface area (Å²) in [5, 5.41) is 2.95. The third-order valence-electron chi connectivity index (χ3n) is 2.56. The molecular weight excluding hydrogens is 321 g/mol. The van der Waals surface area contributed by atoms with Crippen LogP contribution in [0.15, 0.2) is 47.2 Å². The van der Waals surface area contributed by atoms with Crippen molar-refractivity contribution in [2.24, 2.45) is 0 Å². The molecule has 1 aromatic heterocycles. The van der Waals surface area contributed by atoms with Gasteiger partial charge in [0.25, 0.3) is 0 Å². The zero-order valence-electron chi connectivity index (χ0n) is 9.71. The third-order valence-corrected chi connectivity index (χ3v) is 3.20. The van der Waals surface area contributed by atoms with E-state index in [1.54, 1.807) is 24.5 Å². The highest BCUT2D eigenvalue weighted by atomic mass is 79.9. The van der Waals surface area contributed by atoms with E-state index in [1.807, 2.05) is 0 Å². The Labute approximate surface area is 116 Å². The van der Waals surface area contributed by atoms with Crippen molar-refractivity contribution < 1.29 is 13.2 Å². The van der Waals surface area contributed by atoms with Crippen LogP contribution in [0.2, 0.25) is 0 Å². The molecule has 0 radical (unpaired) electrons. The molecule has 1 N–H and O–H groups in total. The minimum Gasteiger partial charge on any atom is -0.380 e. The highest BCUT2D eigenvalue weighted by molar-refractivity contribution is 9.10. The lowest BCUT2D eigenvalue weighted by molar-refractivity contribution is -0.138. The molecule has 100 valence electrons. The highest BCUT2D eigenvalue weighted by Gasteiger charge is 2.32. The SMILES string of the molecule is FC(F)(F)c1ccccc1CNc1ccncc1Br. The van der Waals surface area contributed by atoms with E-state index in [9.17, 15) is 13.2 Å². The number of hydrogen-bond acceptors (Lipinski definition) is 2. The van der Waals surface area contributed by atoms with Gasteiger partial charge in [0.1, 0.15) is 0 Å². The van der Waals surface area contributed by atoms with Crippen LogP contribution in [0.3, 0.4) is 0 Å². The molecular formula is C13H10BrF3N2. The van der Waals surface area contributed by atoms with E-state index in [1.165, 1.54) is 12.1 Å². The van der Waals surface area contributed by atoms with Crippen molar-refractivity contribution >= 4 is 21.6 Å². The van der Waals surface area contributed by atoms with Gasteiger partial charge >= 0.3 is 6.18 Å². The van der Waals surface area contributed by atoms with Crippen LogP contribution in [-0.2, 0) is 12.7 Å². The van der Waals surface area contributed by atoms with Crippen LogP contribution < -0.4 is 5.32 Å². The largest absolute Gasteiger partial charge is 0.416 e. The molecule has 0 amide bonds. The second-order valence-corrected chi connectivity index (χ2v) is 4.72. The van der Waals surface area contributed by atoms with Gasteiger partial charge < -0.3 is 5.32 Å². The monoisotopic (exact) mass is 330 g/mol. The Morgan fingerprint density at radius 1 is 1.16 bits per heavy atom. The quantitative estimate of drug-likeness (QED) is 0.897. The molecule has 2 rings (SSSR count). The third kappa shape index (κ3) is 3.47. The van der Waals surface area contributed by atoms with Gasteiger partial charge in [-0.15, -0.1) is 0 Å². The van der Waals surface area contributed by atoms with E-state index in [0.717, 1.165) is 6.07 Å². The van der Waals surface area contributed by atoms with Gasteiger partial charge in [-0.3, -0.25) is 4.98 Å². The van der Waals surface area contributed by atoms with E-state index in [-0.39, 0.29) is 12.1 Å². The van der Waals surface area contributed by atoms with E-state index >= 15 is 0 Å². The van der Waals surface area contributed by atoms with Gasteiger partial charge in [-0.25, -0.2) is 0 Å². The first-order chi connectivity index (χ1) is 8.98. The first-order valence-corrected chi connectivity index (χ1v) is 6.26. The first kappa shape index (κ1) is 13.9. The van der Waals surface area contributed by atoms with Gasteiger partial charge in [-0.1, -0.05) is 18.2 Å². The van der Waals surface area contributed by atoms with E-state index in [4.69, 9.17) is 0 Å². The number of aromatic nitrogens is 1. The minimum absolute atomic E-state index is 0.0955. The molecule has 2 nitrogen and oxygen atoms in total. The Bertz CT molecular complexity index is 570. The van der Waals surface area contributed by atoms with Crippen LogP contribution in [0.25, 0.3) is 0 Å². The van der Waals surface area contributed by atoms with Crippen LogP contribution in [0.5, 0.6) is 0 Å². The summed E-state index contributed by atoms with van der Waals surface area (Å²) in [7, 11) is 0. The fourth-order valence-electron chi connectivity index (χ4n) is 1.66. The van der Waals surface area contributed by atoms with Gasteiger partial charge in [-0.2, -0.15) is 13.2 Å². The lowest BCUT2D eigenvalue weighted by Gasteiger charge is -2.14. The molecule has 0 aliphatic carbocycles. The molecule has 0 fully saturated rings. The van der Waals surface area contributed by atoms with Crippen LogP contribution in [-0.4, -0.2) is 4.98 Å². The van der Waals surface area contributed by atoms with Crippen molar-refractivity contribution in [3.63, 3.8) is 0 Å². The summed E-state index contributed by atoms with van der Waals surface area (Å²) < 4.78 is 39.1. The zero-order chi connectivity index (χ0) is 13.9. The van der Waals surface area contributed by atoms with Crippen molar-refractivity contribution in [1.29, 1.82) is 0 Å². The summed E-state index contributed by atoms with van der Waals surface area (Å²) in [4.78, 5) is 3.89. The summed E-state index contributed by atoms with van der Waals surface area (Å²) >= 11 is 3.28. The number of hydrogen-bond donors (Lipinski definition) is 1. The smallest absolute Gasteiger partial charge is 0.380 e. The molecule has 19 heavy (non-hydrogen) atoms. The number of benzene rings is 1. The number of nitrogens with zero attached hydrogens (tertiary/aromatic N) is 1. The predicted octanol–water partition coefficient (Wildman–Crippen LogP) is 4.48. The topological polar surface area (TPSA) is 24.9 Å². The molecule has 0 aliphatic heterocycles. The molecule has 0 atom stereocenters. The normalized spacial score (nSPS) is 11.4. The molecule has 0 spiro atoms.